The zero-order chi connectivity index (χ0) is 18.7. The van der Waals surface area contributed by atoms with Crippen LogP contribution in [0, 0.1) is 18.7 Å². The predicted octanol–water partition coefficient (Wildman–Crippen LogP) is 4.46. The molecule has 0 bridgehead atoms. The van der Waals surface area contributed by atoms with E-state index in [9.17, 15) is 9.50 Å². The second-order valence-electron chi connectivity index (χ2n) is 7.01. The fourth-order valence-electron chi connectivity index (χ4n) is 3.17. The molecule has 0 aliphatic rings. The number of aromatic nitrogens is 1. The highest BCUT2D eigenvalue weighted by atomic mass is 19.1. The number of rotatable bonds is 6. The highest BCUT2D eigenvalue weighted by Gasteiger charge is 2.14. The van der Waals surface area contributed by atoms with Crippen LogP contribution in [0.5, 0.6) is 0 Å². The molecular weight excluding hydrogens is 327 g/mol. The maximum absolute atomic E-state index is 14.3. The van der Waals surface area contributed by atoms with Gasteiger partial charge in [-0.25, -0.2) is 9.37 Å². The topological polar surface area (TPSA) is 45.1 Å². The number of nitrogens with zero attached hydrogens (tertiary/aromatic N) is 1. The van der Waals surface area contributed by atoms with Gasteiger partial charge >= 0.3 is 0 Å². The van der Waals surface area contributed by atoms with Crippen molar-refractivity contribution in [2.75, 3.05) is 6.61 Å². The Bertz CT molecular complexity index is 908. The van der Waals surface area contributed by atoms with Crippen molar-refractivity contribution >= 4 is 10.8 Å². The lowest BCUT2D eigenvalue weighted by Gasteiger charge is -2.20. The number of nitrogens with one attached hydrogen (secondary N) is 1. The summed E-state index contributed by atoms with van der Waals surface area (Å²) >= 11 is 0. The molecule has 0 radical (unpaired) electrons. The zero-order valence-electron chi connectivity index (χ0n) is 15.5. The molecule has 2 N–H and O–H groups in total. The lowest BCUT2D eigenvalue weighted by atomic mass is 9.98. The van der Waals surface area contributed by atoms with E-state index in [1.165, 1.54) is 17.0 Å². The van der Waals surface area contributed by atoms with Crippen molar-refractivity contribution in [2.45, 2.75) is 33.4 Å². The van der Waals surface area contributed by atoms with Gasteiger partial charge in [0.15, 0.2) is 0 Å². The van der Waals surface area contributed by atoms with E-state index in [2.05, 4.69) is 35.4 Å². The first-order valence-corrected chi connectivity index (χ1v) is 8.99. The maximum atomic E-state index is 14.3. The summed E-state index contributed by atoms with van der Waals surface area (Å²) < 4.78 is 14.3. The fraction of sp³-hybridized carbons (Fsp3) is 0.318. The molecule has 0 saturated carbocycles. The molecule has 0 amide bonds. The van der Waals surface area contributed by atoms with Crippen molar-refractivity contribution in [3.05, 3.63) is 65.6 Å². The standard InChI is InChI=1S/C22H25FN2O/c1-14(2)22(13-26)24-12-21-19(23)10-11-20(25-21)18-9-8-15(3)16-6-4-5-7-17(16)18/h4-11,14,22,24,26H,12-13H2,1-3H3/t22-/m0/s1. The maximum Gasteiger partial charge on any atom is 0.146 e. The molecule has 1 aromatic heterocycles. The number of hydrogen-bond acceptors (Lipinski definition) is 3. The van der Waals surface area contributed by atoms with E-state index in [0.29, 0.717) is 5.69 Å². The molecule has 0 fully saturated rings. The van der Waals surface area contributed by atoms with Gasteiger partial charge in [-0.3, -0.25) is 0 Å². The molecule has 3 nitrogen and oxygen atoms in total. The van der Waals surface area contributed by atoms with Crippen LogP contribution in [0.25, 0.3) is 22.0 Å². The van der Waals surface area contributed by atoms with Crippen LogP contribution in [-0.4, -0.2) is 22.7 Å². The van der Waals surface area contributed by atoms with Crippen LogP contribution in [0.1, 0.15) is 25.1 Å². The van der Waals surface area contributed by atoms with Gasteiger partial charge in [0.1, 0.15) is 5.82 Å². The lowest BCUT2D eigenvalue weighted by Crippen LogP contribution is -2.36. The third-order valence-corrected chi connectivity index (χ3v) is 4.87. The smallest absolute Gasteiger partial charge is 0.146 e. The van der Waals surface area contributed by atoms with E-state index in [-0.39, 0.29) is 30.9 Å². The van der Waals surface area contributed by atoms with Gasteiger partial charge < -0.3 is 10.4 Å². The number of benzene rings is 2. The summed E-state index contributed by atoms with van der Waals surface area (Å²) in [6, 6.07) is 15.4. The van der Waals surface area contributed by atoms with Gasteiger partial charge in [-0.15, -0.1) is 0 Å². The molecule has 0 unspecified atom stereocenters. The number of aliphatic hydroxyl groups excluding tert-OH is 1. The monoisotopic (exact) mass is 352 g/mol. The van der Waals surface area contributed by atoms with Crippen molar-refractivity contribution in [1.29, 1.82) is 0 Å². The molecule has 136 valence electrons. The fourth-order valence-corrected chi connectivity index (χ4v) is 3.17. The number of fused-ring (bicyclic) bond motifs is 1. The van der Waals surface area contributed by atoms with Gasteiger partial charge in [0, 0.05) is 18.2 Å². The molecule has 2 aromatic carbocycles. The molecule has 3 rings (SSSR count). The highest BCUT2D eigenvalue weighted by molar-refractivity contribution is 5.97. The molecule has 3 aromatic rings. The van der Waals surface area contributed by atoms with Crippen LogP contribution in [-0.2, 0) is 6.54 Å². The van der Waals surface area contributed by atoms with E-state index in [4.69, 9.17) is 0 Å². The second kappa shape index (κ2) is 7.94. The summed E-state index contributed by atoms with van der Waals surface area (Å²) in [5, 5.41) is 14.9. The molecule has 1 atom stereocenters. The SMILES string of the molecule is Cc1ccc(-c2ccc(F)c(CN[C@@H](CO)C(C)C)n2)c2ccccc12. The Morgan fingerprint density at radius 2 is 1.77 bits per heavy atom. The zero-order valence-corrected chi connectivity index (χ0v) is 15.5. The number of aryl methyl sites for hydroxylation is 1. The second-order valence-corrected chi connectivity index (χ2v) is 7.01. The first-order chi connectivity index (χ1) is 12.5. The summed E-state index contributed by atoms with van der Waals surface area (Å²) in [6.07, 6.45) is 0. The first-order valence-electron chi connectivity index (χ1n) is 8.99. The Morgan fingerprint density at radius 1 is 1.04 bits per heavy atom. The van der Waals surface area contributed by atoms with E-state index in [1.54, 1.807) is 6.07 Å². The molecule has 0 spiro atoms. The summed E-state index contributed by atoms with van der Waals surface area (Å²) in [7, 11) is 0. The van der Waals surface area contributed by atoms with Gasteiger partial charge in [0.2, 0.25) is 0 Å². The van der Waals surface area contributed by atoms with Crippen LogP contribution in [0.3, 0.4) is 0 Å². The minimum Gasteiger partial charge on any atom is -0.395 e. The third kappa shape index (κ3) is 3.76. The molecule has 4 heteroatoms. The van der Waals surface area contributed by atoms with Crippen LogP contribution < -0.4 is 5.32 Å². The first kappa shape index (κ1) is 18.5. The Morgan fingerprint density at radius 3 is 2.46 bits per heavy atom. The Hall–Kier alpha value is -2.30. The minimum atomic E-state index is -0.335. The van der Waals surface area contributed by atoms with E-state index >= 15 is 0 Å². The van der Waals surface area contributed by atoms with Crippen molar-refractivity contribution in [3.63, 3.8) is 0 Å². The number of pyridine rings is 1. The Balaban J connectivity index is 1.97. The van der Waals surface area contributed by atoms with Gasteiger partial charge in [0.05, 0.1) is 18.0 Å². The van der Waals surface area contributed by atoms with Gasteiger partial charge in [-0.1, -0.05) is 50.2 Å². The van der Waals surface area contributed by atoms with Crippen LogP contribution in [0.15, 0.2) is 48.5 Å². The molecule has 0 aliphatic heterocycles. The van der Waals surface area contributed by atoms with Gasteiger partial charge in [0.25, 0.3) is 0 Å². The summed E-state index contributed by atoms with van der Waals surface area (Å²) in [4.78, 5) is 4.57. The lowest BCUT2D eigenvalue weighted by molar-refractivity contribution is 0.209. The predicted molar refractivity (Wildman–Crippen MR) is 104 cm³/mol. The number of halogens is 1. The minimum absolute atomic E-state index is 0.0155. The average molecular weight is 352 g/mol. The van der Waals surface area contributed by atoms with Crippen molar-refractivity contribution in [2.24, 2.45) is 5.92 Å². The largest absolute Gasteiger partial charge is 0.395 e. The molecular formula is C22H25FN2O. The van der Waals surface area contributed by atoms with E-state index in [0.717, 1.165) is 16.6 Å². The molecule has 0 saturated heterocycles. The van der Waals surface area contributed by atoms with Crippen molar-refractivity contribution < 1.29 is 9.50 Å². The summed E-state index contributed by atoms with van der Waals surface area (Å²) in [5.74, 6) is -0.0783. The normalized spacial score (nSPS) is 12.7. The Labute approximate surface area is 153 Å². The molecule has 0 aliphatic carbocycles. The number of aliphatic hydroxyl groups is 1. The summed E-state index contributed by atoms with van der Waals surface area (Å²) in [6.45, 7) is 6.42. The van der Waals surface area contributed by atoms with Crippen molar-refractivity contribution in [3.8, 4) is 11.3 Å². The molecule has 26 heavy (non-hydrogen) atoms. The third-order valence-electron chi connectivity index (χ3n) is 4.87. The van der Waals surface area contributed by atoms with Gasteiger partial charge in [-0.05, 0) is 41.3 Å². The average Bonchev–Trinajstić information content (AvgIpc) is 2.64. The highest BCUT2D eigenvalue weighted by Crippen LogP contribution is 2.30. The van der Waals surface area contributed by atoms with Crippen LogP contribution in [0.4, 0.5) is 4.39 Å². The van der Waals surface area contributed by atoms with Crippen LogP contribution in [0.2, 0.25) is 0 Å². The van der Waals surface area contributed by atoms with Crippen LogP contribution >= 0.6 is 0 Å². The molecule has 1 heterocycles. The quantitative estimate of drug-likeness (QED) is 0.689. The van der Waals surface area contributed by atoms with E-state index in [1.807, 2.05) is 32.0 Å². The number of hydrogen-bond donors (Lipinski definition) is 2. The van der Waals surface area contributed by atoms with Gasteiger partial charge in [-0.2, -0.15) is 0 Å². The summed E-state index contributed by atoms with van der Waals surface area (Å²) in [5.41, 5.74) is 3.32. The Kier molecular flexibility index (Phi) is 5.64. The van der Waals surface area contributed by atoms with Crippen molar-refractivity contribution in [1.82, 2.24) is 10.3 Å². The van der Waals surface area contributed by atoms with E-state index < -0.39 is 0 Å².